The van der Waals surface area contributed by atoms with Crippen LogP contribution in [0.2, 0.25) is 0 Å². The van der Waals surface area contributed by atoms with E-state index in [9.17, 15) is 14.7 Å². The number of aliphatic hydroxyl groups excluding tert-OH is 1. The summed E-state index contributed by atoms with van der Waals surface area (Å²) in [6.07, 6.45) is 0.612. The third-order valence-corrected chi connectivity index (χ3v) is 4.42. The van der Waals surface area contributed by atoms with E-state index in [1.807, 2.05) is 30.5 Å². The van der Waals surface area contributed by atoms with Gasteiger partial charge in [-0.15, -0.1) is 11.8 Å². The first-order chi connectivity index (χ1) is 12.0. The third-order valence-electron chi connectivity index (χ3n) is 3.68. The molecular formula is C19H21NO4S. The Morgan fingerprint density at radius 1 is 1.12 bits per heavy atom. The molecule has 2 aromatic rings. The summed E-state index contributed by atoms with van der Waals surface area (Å²) >= 11 is 1.65. The second-order valence-corrected chi connectivity index (χ2v) is 6.40. The summed E-state index contributed by atoms with van der Waals surface area (Å²) in [6.45, 7) is 0.0222. The van der Waals surface area contributed by atoms with E-state index in [1.54, 1.807) is 49.1 Å². The van der Waals surface area contributed by atoms with Crippen molar-refractivity contribution in [3.63, 3.8) is 0 Å². The standard InChI is InChI=1S/C19H21NO4S/c1-20(12-14-8-10-16(25-2)11-9-14)17(21)13-24-19(23)18(22)15-6-4-3-5-7-15/h3-11,18,22H,12-13H2,1-2H3/t18-/m1/s1. The average molecular weight is 359 g/mol. The molecule has 132 valence electrons. The van der Waals surface area contributed by atoms with Crippen LogP contribution in [0.5, 0.6) is 0 Å². The van der Waals surface area contributed by atoms with Crippen LogP contribution in [0.3, 0.4) is 0 Å². The molecule has 1 amide bonds. The summed E-state index contributed by atoms with van der Waals surface area (Å²) in [5.74, 6) is -1.17. The van der Waals surface area contributed by atoms with Gasteiger partial charge >= 0.3 is 5.97 Å². The minimum absolute atomic E-state index is 0.331. The number of hydrogen-bond donors (Lipinski definition) is 1. The number of thioether (sulfide) groups is 1. The van der Waals surface area contributed by atoms with Crippen molar-refractivity contribution in [2.45, 2.75) is 17.5 Å². The Bertz CT molecular complexity index is 703. The largest absolute Gasteiger partial charge is 0.453 e. The summed E-state index contributed by atoms with van der Waals surface area (Å²) in [6, 6.07) is 16.4. The molecule has 2 rings (SSSR count). The molecule has 5 nitrogen and oxygen atoms in total. The van der Waals surface area contributed by atoms with Crippen molar-refractivity contribution in [2.24, 2.45) is 0 Å². The second kappa shape index (κ2) is 9.25. The van der Waals surface area contributed by atoms with E-state index in [0.29, 0.717) is 12.1 Å². The van der Waals surface area contributed by atoms with Gasteiger partial charge in [0.05, 0.1) is 0 Å². The van der Waals surface area contributed by atoms with Crippen molar-refractivity contribution in [3.05, 3.63) is 65.7 Å². The molecule has 0 aliphatic rings. The van der Waals surface area contributed by atoms with E-state index in [1.165, 1.54) is 4.90 Å². The molecular weight excluding hydrogens is 338 g/mol. The predicted octanol–water partition coefficient (Wildman–Crippen LogP) is 2.64. The van der Waals surface area contributed by atoms with Gasteiger partial charge in [-0.05, 0) is 29.5 Å². The van der Waals surface area contributed by atoms with Crippen molar-refractivity contribution >= 4 is 23.6 Å². The number of aliphatic hydroxyl groups is 1. The molecule has 25 heavy (non-hydrogen) atoms. The van der Waals surface area contributed by atoms with Gasteiger partial charge in [-0.25, -0.2) is 4.79 Å². The summed E-state index contributed by atoms with van der Waals surface area (Å²) in [4.78, 5) is 26.6. The van der Waals surface area contributed by atoms with Crippen LogP contribution >= 0.6 is 11.8 Å². The van der Waals surface area contributed by atoms with Crippen molar-refractivity contribution < 1.29 is 19.4 Å². The molecule has 1 atom stereocenters. The second-order valence-electron chi connectivity index (χ2n) is 5.52. The Labute approximate surface area is 151 Å². The Morgan fingerprint density at radius 2 is 1.76 bits per heavy atom. The molecule has 0 saturated heterocycles. The van der Waals surface area contributed by atoms with Gasteiger partial charge in [0.15, 0.2) is 12.7 Å². The number of esters is 1. The van der Waals surface area contributed by atoms with Crippen molar-refractivity contribution in [1.29, 1.82) is 0 Å². The maximum Gasteiger partial charge on any atom is 0.340 e. The van der Waals surface area contributed by atoms with E-state index in [2.05, 4.69) is 0 Å². The fraction of sp³-hybridized carbons (Fsp3) is 0.263. The number of carbonyl (C=O) groups is 2. The lowest BCUT2D eigenvalue weighted by Crippen LogP contribution is -2.31. The normalized spacial score (nSPS) is 11.6. The molecule has 2 aromatic carbocycles. The summed E-state index contributed by atoms with van der Waals surface area (Å²) in [7, 11) is 1.65. The smallest absolute Gasteiger partial charge is 0.340 e. The van der Waals surface area contributed by atoms with Crippen molar-refractivity contribution in [2.75, 3.05) is 19.9 Å². The molecule has 0 radical (unpaired) electrons. The van der Waals surface area contributed by atoms with E-state index in [4.69, 9.17) is 4.74 Å². The van der Waals surface area contributed by atoms with Gasteiger partial charge < -0.3 is 14.7 Å². The molecule has 0 aliphatic carbocycles. The Hall–Kier alpha value is -2.31. The van der Waals surface area contributed by atoms with Crippen molar-refractivity contribution in [1.82, 2.24) is 4.90 Å². The first-order valence-corrected chi connectivity index (χ1v) is 9.00. The first-order valence-electron chi connectivity index (χ1n) is 7.78. The topological polar surface area (TPSA) is 66.8 Å². The first kappa shape index (κ1) is 19.0. The number of rotatable bonds is 7. The number of likely N-dealkylation sites (N-methyl/N-ethyl adjacent to an activating group) is 1. The van der Waals surface area contributed by atoms with Crippen LogP contribution in [-0.4, -0.2) is 41.8 Å². The molecule has 0 saturated carbocycles. The number of benzene rings is 2. The molecule has 0 fully saturated rings. The molecule has 0 aliphatic heterocycles. The van der Waals surface area contributed by atoms with Crippen LogP contribution in [0, 0.1) is 0 Å². The third kappa shape index (κ3) is 5.62. The van der Waals surface area contributed by atoms with Crippen LogP contribution in [0.25, 0.3) is 0 Å². The monoisotopic (exact) mass is 359 g/mol. The van der Waals surface area contributed by atoms with Gasteiger partial charge in [0.1, 0.15) is 0 Å². The summed E-state index contributed by atoms with van der Waals surface area (Å²) in [5, 5.41) is 9.92. The Balaban J connectivity index is 1.83. The Morgan fingerprint density at radius 3 is 2.36 bits per heavy atom. The zero-order valence-electron chi connectivity index (χ0n) is 14.2. The zero-order valence-corrected chi connectivity index (χ0v) is 15.0. The lowest BCUT2D eigenvalue weighted by Gasteiger charge is -2.18. The number of ether oxygens (including phenoxy) is 1. The number of nitrogens with zero attached hydrogens (tertiary/aromatic N) is 1. The van der Waals surface area contributed by atoms with Crippen LogP contribution in [-0.2, 0) is 20.9 Å². The van der Waals surface area contributed by atoms with Crippen LogP contribution < -0.4 is 0 Å². The SMILES string of the molecule is CSc1ccc(CN(C)C(=O)COC(=O)[C@H](O)c2ccccc2)cc1. The minimum Gasteiger partial charge on any atom is -0.453 e. The maximum absolute atomic E-state index is 12.1. The van der Waals surface area contributed by atoms with E-state index in [-0.39, 0.29) is 5.91 Å². The summed E-state index contributed by atoms with van der Waals surface area (Å²) < 4.78 is 4.93. The van der Waals surface area contributed by atoms with Gasteiger partial charge in [-0.2, -0.15) is 0 Å². The van der Waals surface area contributed by atoms with Crippen LogP contribution in [0.4, 0.5) is 0 Å². The maximum atomic E-state index is 12.1. The molecule has 0 spiro atoms. The predicted molar refractivity (Wildman–Crippen MR) is 97.1 cm³/mol. The van der Waals surface area contributed by atoms with E-state index >= 15 is 0 Å². The molecule has 6 heteroatoms. The van der Waals surface area contributed by atoms with E-state index < -0.39 is 18.7 Å². The highest BCUT2D eigenvalue weighted by Gasteiger charge is 2.20. The lowest BCUT2D eigenvalue weighted by molar-refractivity contribution is -0.159. The quantitative estimate of drug-likeness (QED) is 0.608. The average Bonchev–Trinajstić information content (AvgIpc) is 2.66. The fourth-order valence-electron chi connectivity index (χ4n) is 2.19. The van der Waals surface area contributed by atoms with Gasteiger partial charge in [0.25, 0.3) is 5.91 Å². The molecule has 0 aromatic heterocycles. The van der Waals surface area contributed by atoms with Gasteiger partial charge in [0, 0.05) is 18.5 Å². The zero-order chi connectivity index (χ0) is 18.2. The highest BCUT2D eigenvalue weighted by molar-refractivity contribution is 7.98. The van der Waals surface area contributed by atoms with Gasteiger partial charge in [-0.1, -0.05) is 42.5 Å². The summed E-state index contributed by atoms with van der Waals surface area (Å²) in [5.41, 5.74) is 1.42. The molecule has 0 heterocycles. The number of amides is 1. The molecule has 0 unspecified atom stereocenters. The van der Waals surface area contributed by atoms with Crippen LogP contribution in [0.1, 0.15) is 17.2 Å². The Kier molecular flexibility index (Phi) is 7.03. The lowest BCUT2D eigenvalue weighted by atomic mass is 10.1. The fourth-order valence-corrected chi connectivity index (χ4v) is 2.59. The van der Waals surface area contributed by atoms with E-state index in [0.717, 1.165) is 10.5 Å². The highest BCUT2D eigenvalue weighted by atomic mass is 32.2. The molecule has 1 N–H and O–H groups in total. The van der Waals surface area contributed by atoms with Gasteiger partial charge in [-0.3, -0.25) is 4.79 Å². The number of hydrogen-bond acceptors (Lipinski definition) is 5. The molecule has 0 bridgehead atoms. The minimum atomic E-state index is -1.39. The number of carbonyl (C=O) groups excluding carboxylic acids is 2. The van der Waals surface area contributed by atoms with Crippen molar-refractivity contribution in [3.8, 4) is 0 Å². The van der Waals surface area contributed by atoms with Gasteiger partial charge in [0.2, 0.25) is 0 Å². The van der Waals surface area contributed by atoms with Crippen LogP contribution in [0.15, 0.2) is 59.5 Å². The highest BCUT2D eigenvalue weighted by Crippen LogP contribution is 2.16.